The molecule has 1 unspecified atom stereocenters. The van der Waals surface area contributed by atoms with Gasteiger partial charge in [0.1, 0.15) is 18.0 Å². The topological polar surface area (TPSA) is 151 Å². The van der Waals surface area contributed by atoms with E-state index >= 15 is 0 Å². The molecule has 8 rings (SSSR count). The molecule has 16 heteroatoms. The highest BCUT2D eigenvalue weighted by molar-refractivity contribution is 6.36. The minimum atomic E-state index is -0.665. The number of imide groups is 1. The van der Waals surface area contributed by atoms with E-state index in [1.165, 1.54) is 25.0 Å². The van der Waals surface area contributed by atoms with E-state index in [1.807, 2.05) is 36.7 Å². The summed E-state index contributed by atoms with van der Waals surface area (Å²) in [5, 5.41) is 10.9. The number of amides is 3. The molecule has 4 N–H and O–H groups in total. The van der Waals surface area contributed by atoms with Gasteiger partial charge in [-0.1, -0.05) is 35.7 Å². The SMILES string of the molecule is C[C@@H](Oc1cc(-c2cnn(C3CCN(CCCCCN4CC(Nc5cccc6c5CN(C5CCC(=O)NC5=O)C6=O)C4)CC3)c2)cnc1N)c1c(Cl)ccc(F)c1Cl. The van der Waals surface area contributed by atoms with Crippen LogP contribution in [0.5, 0.6) is 5.75 Å². The van der Waals surface area contributed by atoms with Crippen LogP contribution < -0.4 is 21.1 Å². The van der Waals surface area contributed by atoms with Gasteiger partial charge in [-0.15, -0.1) is 0 Å². The molecule has 4 aromatic rings. The van der Waals surface area contributed by atoms with Crippen LogP contribution in [0.3, 0.4) is 0 Å². The van der Waals surface area contributed by atoms with E-state index in [1.54, 1.807) is 18.0 Å². The van der Waals surface area contributed by atoms with Crippen molar-refractivity contribution >= 4 is 52.4 Å². The molecule has 13 nitrogen and oxygen atoms in total. The first-order chi connectivity index (χ1) is 28.0. The van der Waals surface area contributed by atoms with Crippen LogP contribution in [0.4, 0.5) is 15.9 Å². The zero-order valence-corrected chi connectivity index (χ0v) is 33.9. The number of anilines is 2. The minimum Gasteiger partial charge on any atom is -0.482 e. The Morgan fingerprint density at radius 3 is 2.55 bits per heavy atom. The third kappa shape index (κ3) is 8.52. The fourth-order valence-corrected chi connectivity index (χ4v) is 9.28. The van der Waals surface area contributed by atoms with Gasteiger partial charge in [0.25, 0.3) is 5.91 Å². The lowest BCUT2D eigenvalue weighted by atomic mass is 10.0. The van der Waals surface area contributed by atoms with Gasteiger partial charge in [0.2, 0.25) is 11.8 Å². The van der Waals surface area contributed by atoms with Crippen LogP contribution in [0.1, 0.15) is 85.5 Å². The molecule has 4 aliphatic heterocycles. The van der Waals surface area contributed by atoms with Gasteiger partial charge in [-0.3, -0.25) is 29.3 Å². The summed E-state index contributed by atoms with van der Waals surface area (Å²) in [5.74, 6) is -0.841. The maximum absolute atomic E-state index is 14.1. The van der Waals surface area contributed by atoms with Crippen LogP contribution in [0.25, 0.3) is 11.1 Å². The fourth-order valence-electron chi connectivity index (χ4n) is 8.60. The second-order valence-corrected chi connectivity index (χ2v) is 16.6. The van der Waals surface area contributed by atoms with Gasteiger partial charge in [0.05, 0.1) is 23.3 Å². The lowest BCUT2D eigenvalue weighted by Gasteiger charge is -2.40. The predicted octanol–water partition coefficient (Wildman–Crippen LogP) is 6.48. The molecule has 0 bridgehead atoms. The number of carbonyl (C=O) groups excluding carboxylic acids is 3. The molecule has 2 aromatic heterocycles. The Morgan fingerprint density at radius 2 is 1.78 bits per heavy atom. The summed E-state index contributed by atoms with van der Waals surface area (Å²) in [7, 11) is 0. The number of pyridine rings is 1. The van der Waals surface area contributed by atoms with Crippen molar-refractivity contribution in [2.24, 2.45) is 0 Å². The average Bonchev–Trinajstić information content (AvgIpc) is 3.82. The van der Waals surface area contributed by atoms with E-state index in [0.29, 0.717) is 46.9 Å². The van der Waals surface area contributed by atoms with Crippen LogP contribution in [-0.4, -0.2) is 98.5 Å². The molecule has 2 aromatic carbocycles. The molecule has 0 aliphatic carbocycles. The lowest BCUT2D eigenvalue weighted by molar-refractivity contribution is -0.136. The molecular weight excluding hydrogens is 784 g/mol. The highest BCUT2D eigenvalue weighted by atomic mass is 35.5. The number of fused-ring (bicyclic) bond motifs is 1. The van der Waals surface area contributed by atoms with E-state index in [4.69, 9.17) is 38.8 Å². The highest BCUT2D eigenvalue weighted by Gasteiger charge is 2.40. The van der Waals surface area contributed by atoms with Crippen molar-refractivity contribution in [1.29, 1.82) is 0 Å². The summed E-state index contributed by atoms with van der Waals surface area (Å²) in [6.45, 7) is 8.26. The Labute approximate surface area is 347 Å². The number of halogens is 3. The molecule has 0 spiro atoms. The van der Waals surface area contributed by atoms with Crippen molar-refractivity contribution in [3.8, 4) is 16.9 Å². The standard InChI is InChI=1S/C42H48Cl2FN9O4/c1-25(38-32(43)8-9-33(45)39(38)44)58-36-18-26(19-47-40(36)46)27-20-48-54(21-27)29-12-16-51(17-13-29)14-3-2-4-15-52-22-28(23-52)49-34-7-5-6-30-31(34)24-53(42(30)57)35-10-11-37(55)50-41(35)56/h5-9,18-21,25,28-29,35,49H,2-4,10-17,22-24H2,1H3,(H2,46,47)(H,50,55,56)/t25-,35?/m1/s1. The predicted molar refractivity (Wildman–Crippen MR) is 220 cm³/mol. The molecule has 2 atom stereocenters. The normalized spacial score (nSPS) is 19.9. The third-order valence-electron chi connectivity index (χ3n) is 11.9. The summed E-state index contributed by atoms with van der Waals surface area (Å²) in [4.78, 5) is 48.2. The number of nitrogens with one attached hydrogen (secondary N) is 2. The number of aromatic nitrogens is 3. The van der Waals surface area contributed by atoms with Crippen molar-refractivity contribution in [3.05, 3.63) is 87.5 Å². The number of unbranched alkanes of at least 4 members (excludes halogenated alkanes) is 2. The number of nitrogen functional groups attached to an aromatic ring is 1. The zero-order valence-electron chi connectivity index (χ0n) is 32.4. The maximum atomic E-state index is 14.1. The molecule has 3 fully saturated rings. The smallest absolute Gasteiger partial charge is 0.255 e. The van der Waals surface area contributed by atoms with E-state index in [9.17, 15) is 18.8 Å². The number of rotatable bonds is 14. The monoisotopic (exact) mass is 831 g/mol. The first kappa shape index (κ1) is 40.0. The Morgan fingerprint density at radius 1 is 1.00 bits per heavy atom. The van der Waals surface area contributed by atoms with Crippen molar-refractivity contribution in [2.45, 2.75) is 82.6 Å². The lowest BCUT2D eigenvalue weighted by Crippen LogP contribution is -2.54. The number of benzene rings is 2. The van der Waals surface area contributed by atoms with Gasteiger partial charge in [0, 0.05) is 90.1 Å². The summed E-state index contributed by atoms with van der Waals surface area (Å²) >= 11 is 12.5. The number of ether oxygens (including phenoxy) is 1. The summed E-state index contributed by atoms with van der Waals surface area (Å²) < 4.78 is 22.3. The summed E-state index contributed by atoms with van der Waals surface area (Å²) in [5.41, 5.74) is 10.7. The number of hydrogen-bond donors (Lipinski definition) is 3. The van der Waals surface area contributed by atoms with Gasteiger partial charge in [0.15, 0.2) is 11.6 Å². The molecule has 0 saturated carbocycles. The van der Waals surface area contributed by atoms with E-state index in [2.05, 4.69) is 30.1 Å². The number of carbonyl (C=O) groups is 3. The third-order valence-corrected chi connectivity index (χ3v) is 12.6. The van der Waals surface area contributed by atoms with E-state index < -0.39 is 23.9 Å². The van der Waals surface area contributed by atoms with Gasteiger partial charge in [-0.25, -0.2) is 9.37 Å². The number of piperidine rings is 2. The van der Waals surface area contributed by atoms with Crippen LogP contribution in [0.15, 0.2) is 55.0 Å². The Hall–Kier alpha value is -4.76. The molecule has 6 heterocycles. The number of likely N-dealkylation sites (tertiary alicyclic amines) is 2. The van der Waals surface area contributed by atoms with Crippen LogP contribution >= 0.6 is 23.2 Å². The van der Waals surface area contributed by atoms with Crippen LogP contribution in [-0.2, 0) is 16.1 Å². The molecule has 58 heavy (non-hydrogen) atoms. The van der Waals surface area contributed by atoms with Crippen molar-refractivity contribution in [1.82, 2.24) is 34.8 Å². The fraction of sp³-hybridized carbons (Fsp3) is 0.452. The Kier molecular flexibility index (Phi) is 11.9. The first-order valence-corrected chi connectivity index (χ1v) is 20.9. The quantitative estimate of drug-likeness (QED) is 0.0733. The van der Waals surface area contributed by atoms with Gasteiger partial charge < -0.3 is 25.6 Å². The van der Waals surface area contributed by atoms with Crippen molar-refractivity contribution in [3.63, 3.8) is 0 Å². The average molecular weight is 833 g/mol. The van der Waals surface area contributed by atoms with Gasteiger partial charge >= 0.3 is 0 Å². The minimum absolute atomic E-state index is 0.0838. The highest BCUT2D eigenvalue weighted by Crippen LogP contribution is 2.38. The van der Waals surface area contributed by atoms with Gasteiger partial charge in [-0.05, 0) is 82.4 Å². The molecule has 3 amide bonds. The zero-order chi connectivity index (χ0) is 40.5. The van der Waals surface area contributed by atoms with Crippen LogP contribution in [0, 0.1) is 5.82 Å². The van der Waals surface area contributed by atoms with Crippen molar-refractivity contribution < 1.29 is 23.5 Å². The van der Waals surface area contributed by atoms with E-state index in [0.717, 1.165) is 80.9 Å². The number of hydrogen-bond acceptors (Lipinski definition) is 10. The molecule has 306 valence electrons. The number of nitrogens with two attached hydrogens (primary N) is 1. The molecular formula is C42H48Cl2FN9O4. The summed E-state index contributed by atoms with van der Waals surface area (Å²) in [6.07, 6.45) is 11.1. The Balaban J connectivity index is 0.735. The second kappa shape index (κ2) is 17.2. The van der Waals surface area contributed by atoms with Crippen LogP contribution in [0.2, 0.25) is 10.0 Å². The van der Waals surface area contributed by atoms with Gasteiger partial charge in [-0.2, -0.15) is 5.10 Å². The number of nitrogens with zero attached hydrogens (tertiary/aromatic N) is 6. The molecule has 3 saturated heterocycles. The van der Waals surface area contributed by atoms with Crippen molar-refractivity contribution in [2.75, 3.05) is 50.3 Å². The maximum Gasteiger partial charge on any atom is 0.255 e. The largest absolute Gasteiger partial charge is 0.482 e. The summed E-state index contributed by atoms with van der Waals surface area (Å²) in [6, 6.07) is 10.2. The van der Waals surface area contributed by atoms with E-state index in [-0.39, 0.29) is 29.1 Å². The second-order valence-electron chi connectivity index (χ2n) is 15.8. The first-order valence-electron chi connectivity index (χ1n) is 20.1. The Bertz CT molecular complexity index is 2190. The molecule has 0 radical (unpaired) electrons. The molecule has 4 aliphatic rings.